The van der Waals surface area contributed by atoms with Crippen molar-refractivity contribution in [1.29, 1.82) is 0 Å². The Morgan fingerprint density at radius 3 is 2.35 bits per heavy atom. The van der Waals surface area contributed by atoms with Crippen LogP contribution in [0.3, 0.4) is 0 Å². The van der Waals surface area contributed by atoms with E-state index in [0.717, 1.165) is 32.8 Å². The molecule has 1 aliphatic carbocycles. The summed E-state index contributed by atoms with van der Waals surface area (Å²) in [6.45, 7) is 0. The van der Waals surface area contributed by atoms with Crippen LogP contribution in [0.4, 0.5) is 8.78 Å². The number of nitrogens with two attached hydrogens (primary N) is 1. The van der Waals surface area contributed by atoms with Crippen LogP contribution in [0.25, 0.3) is 0 Å². The van der Waals surface area contributed by atoms with Gasteiger partial charge in [-0.3, -0.25) is 4.79 Å². The molecule has 0 aromatic rings. The van der Waals surface area contributed by atoms with Gasteiger partial charge in [-0.15, -0.1) is 0 Å². The molecule has 1 aliphatic rings. The Morgan fingerprint density at radius 1 is 1.35 bits per heavy atom. The van der Waals surface area contributed by atoms with Gasteiger partial charge in [0.1, 0.15) is 6.04 Å². The molecule has 2 N–H and O–H groups in total. The molecule has 1 fully saturated rings. The van der Waals surface area contributed by atoms with Gasteiger partial charge in [0.05, 0.1) is 7.11 Å². The molecule has 1 atom stereocenters. The number of halogens is 2. The van der Waals surface area contributed by atoms with Crippen LogP contribution in [0.5, 0.6) is 0 Å². The van der Waals surface area contributed by atoms with E-state index in [1.54, 1.807) is 0 Å². The summed E-state index contributed by atoms with van der Waals surface area (Å²) >= 11 is 0. The Kier molecular flexibility index (Phi) is 5.31. The van der Waals surface area contributed by atoms with Gasteiger partial charge in [0, 0.05) is 12.3 Å². The fourth-order valence-electron chi connectivity index (χ4n) is 2.40. The molecule has 17 heavy (non-hydrogen) atoms. The van der Waals surface area contributed by atoms with Crippen molar-refractivity contribution < 1.29 is 18.3 Å². The molecule has 0 saturated heterocycles. The number of methoxy groups -OCH3 is 1. The zero-order valence-electron chi connectivity index (χ0n) is 10.3. The minimum Gasteiger partial charge on any atom is -0.468 e. The number of hydrogen-bond donors (Lipinski definition) is 1. The molecular formula is C12H21F2NO2. The summed E-state index contributed by atoms with van der Waals surface area (Å²) < 4.78 is 32.3. The lowest BCUT2D eigenvalue weighted by Gasteiger charge is -2.27. The molecule has 0 heterocycles. The summed E-state index contributed by atoms with van der Waals surface area (Å²) in [5.74, 6) is -4.27. The third-order valence-electron chi connectivity index (χ3n) is 3.45. The highest BCUT2D eigenvalue weighted by molar-refractivity contribution is 5.75. The van der Waals surface area contributed by atoms with Crippen LogP contribution in [0, 0.1) is 5.92 Å². The van der Waals surface area contributed by atoms with Gasteiger partial charge in [0.15, 0.2) is 0 Å². The van der Waals surface area contributed by atoms with Crippen molar-refractivity contribution in [3.63, 3.8) is 0 Å². The average molecular weight is 249 g/mol. The highest BCUT2D eigenvalue weighted by atomic mass is 19.3. The Hall–Kier alpha value is -0.710. The smallest absolute Gasteiger partial charge is 0.322 e. The van der Waals surface area contributed by atoms with Gasteiger partial charge in [0.2, 0.25) is 0 Å². The summed E-state index contributed by atoms with van der Waals surface area (Å²) in [6, 6.07) is -1.22. The normalized spacial score (nSPS) is 20.7. The van der Waals surface area contributed by atoms with E-state index in [1.165, 1.54) is 0 Å². The van der Waals surface area contributed by atoms with Gasteiger partial charge in [-0.2, -0.15) is 0 Å². The van der Waals surface area contributed by atoms with Crippen molar-refractivity contribution in [3.05, 3.63) is 0 Å². The van der Waals surface area contributed by atoms with Gasteiger partial charge in [0.25, 0.3) is 5.92 Å². The predicted octanol–water partition coefficient (Wildman–Crippen LogP) is 2.48. The minimum absolute atomic E-state index is 0.529. The van der Waals surface area contributed by atoms with E-state index in [1.807, 2.05) is 0 Å². The van der Waals surface area contributed by atoms with Crippen molar-refractivity contribution >= 4 is 5.97 Å². The maximum absolute atomic E-state index is 13.9. The highest BCUT2D eigenvalue weighted by Crippen LogP contribution is 2.38. The predicted molar refractivity (Wildman–Crippen MR) is 60.7 cm³/mol. The summed E-state index contributed by atoms with van der Waals surface area (Å²) in [5, 5.41) is 0. The molecule has 1 rings (SSSR count). The molecule has 1 unspecified atom stereocenters. The SMILES string of the molecule is COC(=O)C(N)CC(F)(F)C1CCCCCC1. The second-order valence-corrected chi connectivity index (χ2v) is 4.78. The first-order valence-corrected chi connectivity index (χ1v) is 6.18. The van der Waals surface area contributed by atoms with Crippen molar-refractivity contribution in [2.75, 3.05) is 7.11 Å². The van der Waals surface area contributed by atoms with Gasteiger partial charge in [-0.05, 0) is 12.8 Å². The van der Waals surface area contributed by atoms with E-state index in [4.69, 9.17) is 5.73 Å². The molecular weight excluding hydrogens is 228 g/mol. The van der Waals surface area contributed by atoms with Crippen LogP contribution < -0.4 is 5.73 Å². The lowest BCUT2D eigenvalue weighted by Crippen LogP contribution is -2.41. The molecule has 0 aromatic heterocycles. The van der Waals surface area contributed by atoms with Crippen LogP contribution in [0.15, 0.2) is 0 Å². The van der Waals surface area contributed by atoms with Crippen LogP contribution in [0.1, 0.15) is 44.9 Å². The molecule has 0 aliphatic heterocycles. The fourth-order valence-corrected chi connectivity index (χ4v) is 2.40. The second-order valence-electron chi connectivity index (χ2n) is 4.78. The zero-order valence-corrected chi connectivity index (χ0v) is 10.3. The molecule has 0 spiro atoms. The van der Waals surface area contributed by atoms with Crippen LogP contribution >= 0.6 is 0 Å². The summed E-state index contributed by atoms with van der Waals surface area (Å²) in [5.41, 5.74) is 5.41. The van der Waals surface area contributed by atoms with E-state index in [-0.39, 0.29) is 0 Å². The second kappa shape index (κ2) is 6.28. The van der Waals surface area contributed by atoms with Crippen LogP contribution in [-0.2, 0) is 9.53 Å². The molecule has 0 radical (unpaired) electrons. The maximum Gasteiger partial charge on any atom is 0.322 e. The topological polar surface area (TPSA) is 52.3 Å². The zero-order chi connectivity index (χ0) is 12.9. The third-order valence-corrected chi connectivity index (χ3v) is 3.45. The molecule has 1 saturated carbocycles. The molecule has 3 nitrogen and oxygen atoms in total. The average Bonchev–Trinajstić information content (AvgIpc) is 2.56. The van der Waals surface area contributed by atoms with Gasteiger partial charge in [-0.1, -0.05) is 25.7 Å². The summed E-state index contributed by atoms with van der Waals surface area (Å²) in [6.07, 6.45) is 4.18. The number of carbonyl (C=O) groups excluding carboxylic acids is 1. The Morgan fingerprint density at radius 2 is 1.88 bits per heavy atom. The minimum atomic E-state index is -2.86. The lowest BCUT2D eigenvalue weighted by atomic mass is 9.89. The van der Waals surface area contributed by atoms with Crippen molar-refractivity contribution in [3.8, 4) is 0 Å². The monoisotopic (exact) mass is 249 g/mol. The first kappa shape index (κ1) is 14.4. The first-order valence-electron chi connectivity index (χ1n) is 6.18. The number of hydrogen-bond acceptors (Lipinski definition) is 3. The molecule has 5 heteroatoms. The number of rotatable bonds is 4. The standard InChI is InChI=1S/C12H21F2NO2/c1-17-11(16)10(15)8-12(13,14)9-6-4-2-3-5-7-9/h9-10H,2-8,15H2,1H3. The van der Waals surface area contributed by atoms with Crippen molar-refractivity contribution in [2.24, 2.45) is 11.7 Å². The van der Waals surface area contributed by atoms with Crippen molar-refractivity contribution in [2.45, 2.75) is 56.9 Å². The quantitative estimate of drug-likeness (QED) is 0.615. The van der Waals surface area contributed by atoms with Crippen LogP contribution in [-0.4, -0.2) is 25.0 Å². The largest absolute Gasteiger partial charge is 0.468 e. The molecule has 0 aromatic carbocycles. The highest BCUT2D eigenvalue weighted by Gasteiger charge is 2.42. The number of alkyl halides is 2. The Labute approximate surface area is 101 Å². The van der Waals surface area contributed by atoms with E-state index in [9.17, 15) is 13.6 Å². The number of esters is 1. The Balaban J connectivity index is 2.56. The lowest BCUT2D eigenvalue weighted by molar-refractivity contribution is -0.146. The van der Waals surface area contributed by atoms with E-state index in [2.05, 4.69) is 4.74 Å². The summed E-state index contributed by atoms with van der Waals surface area (Å²) in [7, 11) is 1.16. The number of ether oxygens (including phenoxy) is 1. The fraction of sp³-hybridized carbons (Fsp3) is 0.917. The van der Waals surface area contributed by atoms with Gasteiger partial charge >= 0.3 is 5.97 Å². The Bertz CT molecular complexity index is 251. The van der Waals surface area contributed by atoms with Crippen molar-refractivity contribution in [1.82, 2.24) is 0 Å². The van der Waals surface area contributed by atoms with Gasteiger partial charge in [-0.25, -0.2) is 8.78 Å². The van der Waals surface area contributed by atoms with E-state index in [0.29, 0.717) is 12.8 Å². The molecule has 0 bridgehead atoms. The first-order chi connectivity index (χ1) is 7.97. The van der Waals surface area contributed by atoms with E-state index >= 15 is 0 Å². The summed E-state index contributed by atoms with van der Waals surface area (Å²) in [4.78, 5) is 11.1. The van der Waals surface area contributed by atoms with Gasteiger partial charge < -0.3 is 10.5 Å². The third kappa shape index (κ3) is 4.22. The van der Waals surface area contributed by atoms with Crippen LogP contribution in [0.2, 0.25) is 0 Å². The molecule has 0 amide bonds. The molecule has 100 valence electrons. The maximum atomic E-state index is 13.9. The number of carbonyl (C=O) groups is 1. The van der Waals surface area contributed by atoms with E-state index < -0.39 is 30.3 Å².